The van der Waals surface area contributed by atoms with Crippen molar-refractivity contribution in [2.75, 3.05) is 25.6 Å². The highest BCUT2D eigenvalue weighted by molar-refractivity contribution is 8.15. The molecular weight excluding hydrogens is 549 g/mol. The van der Waals surface area contributed by atoms with Crippen LogP contribution in [0.1, 0.15) is 39.6 Å². The van der Waals surface area contributed by atoms with Gasteiger partial charge in [0, 0.05) is 18.7 Å². The minimum absolute atomic E-state index is 0.0546. The second-order valence-electron chi connectivity index (χ2n) is 8.95. The van der Waals surface area contributed by atoms with Gasteiger partial charge in [-0.1, -0.05) is 23.9 Å². The third-order valence-electron chi connectivity index (χ3n) is 6.15. The van der Waals surface area contributed by atoms with E-state index in [1.54, 1.807) is 55.5 Å². The van der Waals surface area contributed by atoms with Crippen LogP contribution in [0.5, 0.6) is 0 Å². The van der Waals surface area contributed by atoms with E-state index < -0.39 is 23.1 Å². The van der Waals surface area contributed by atoms with E-state index in [0.29, 0.717) is 34.1 Å². The molecular formula is C30H28FN3O6S. The topological polar surface area (TPSA) is 114 Å². The maximum atomic E-state index is 13.3. The number of benzene rings is 3. The van der Waals surface area contributed by atoms with Gasteiger partial charge in [-0.3, -0.25) is 14.5 Å². The summed E-state index contributed by atoms with van der Waals surface area (Å²) in [6, 6.07) is 18.7. The minimum atomic E-state index is -0.762. The number of carbonyl (C=O) groups excluding carboxylic acids is 4. The fourth-order valence-electron chi connectivity index (χ4n) is 3.98. The maximum Gasteiger partial charge on any atom is 0.338 e. The van der Waals surface area contributed by atoms with Crippen LogP contribution in [0, 0.1) is 5.82 Å². The first kappa shape index (κ1) is 29.5. The van der Waals surface area contributed by atoms with Crippen molar-refractivity contribution in [1.29, 1.82) is 0 Å². The zero-order valence-electron chi connectivity index (χ0n) is 22.5. The third kappa shape index (κ3) is 7.79. The lowest BCUT2D eigenvalue weighted by Gasteiger charge is -2.32. The molecule has 3 aromatic rings. The molecule has 0 spiro atoms. The van der Waals surface area contributed by atoms with E-state index in [9.17, 15) is 23.6 Å². The number of esters is 2. The van der Waals surface area contributed by atoms with E-state index in [0.717, 1.165) is 17.3 Å². The number of rotatable bonds is 9. The van der Waals surface area contributed by atoms with Crippen molar-refractivity contribution in [2.45, 2.75) is 25.0 Å². The average Bonchev–Trinajstić information content (AvgIpc) is 2.98. The number of thioether (sulfide) groups is 1. The van der Waals surface area contributed by atoms with Crippen molar-refractivity contribution >= 4 is 52.1 Å². The van der Waals surface area contributed by atoms with Crippen molar-refractivity contribution in [3.8, 4) is 0 Å². The highest BCUT2D eigenvalue weighted by Gasteiger charge is 2.36. The quantitative estimate of drug-likeness (QED) is 0.356. The van der Waals surface area contributed by atoms with Crippen LogP contribution in [-0.2, 0) is 25.5 Å². The fraction of sp³-hybridized carbons (Fsp3) is 0.233. The molecule has 41 heavy (non-hydrogen) atoms. The predicted octanol–water partition coefficient (Wildman–Crippen LogP) is 4.99. The van der Waals surface area contributed by atoms with Crippen LogP contribution >= 0.6 is 11.8 Å². The summed E-state index contributed by atoms with van der Waals surface area (Å²) in [5.41, 5.74) is 2.50. The largest absolute Gasteiger partial charge is 0.465 e. The van der Waals surface area contributed by atoms with Crippen LogP contribution in [0.4, 0.5) is 15.8 Å². The Balaban J connectivity index is 1.54. The van der Waals surface area contributed by atoms with Crippen LogP contribution in [0.2, 0.25) is 0 Å². The molecule has 212 valence electrons. The first-order valence-corrected chi connectivity index (χ1v) is 13.7. The smallest absolute Gasteiger partial charge is 0.338 e. The molecule has 4 rings (SSSR count). The number of amides is 2. The van der Waals surface area contributed by atoms with Gasteiger partial charge in [0.05, 0.1) is 30.5 Å². The van der Waals surface area contributed by atoms with Crippen LogP contribution in [0.3, 0.4) is 0 Å². The zero-order valence-corrected chi connectivity index (χ0v) is 23.3. The third-order valence-corrected chi connectivity index (χ3v) is 7.33. The molecule has 1 heterocycles. The normalized spacial score (nSPS) is 15.9. The van der Waals surface area contributed by atoms with Gasteiger partial charge in [-0.05, 0) is 79.6 Å². The molecule has 1 aliphatic heterocycles. The lowest BCUT2D eigenvalue weighted by Crippen LogP contribution is -2.46. The molecule has 2 amide bonds. The number of hydrogen-bond donors (Lipinski definition) is 1. The van der Waals surface area contributed by atoms with E-state index in [2.05, 4.69) is 10.3 Å². The summed E-state index contributed by atoms with van der Waals surface area (Å²) in [6.07, 6.45) is 0.401. The van der Waals surface area contributed by atoms with Crippen LogP contribution < -0.4 is 5.32 Å². The first-order chi connectivity index (χ1) is 19.8. The van der Waals surface area contributed by atoms with Crippen LogP contribution in [-0.4, -0.2) is 59.3 Å². The second-order valence-corrected chi connectivity index (χ2v) is 10.1. The molecule has 9 nitrogen and oxygen atoms in total. The molecule has 0 radical (unpaired) electrons. The molecule has 1 N–H and O–H groups in total. The Morgan fingerprint density at radius 1 is 0.976 bits per heavy atom. The van der Waals surface area contributed by atoms with E-state index in [-0.39, 0.29) is 31.3 Å². The molecule has 11 heteroatoms. The molecule has 0 saturated carbocycles. The highest BCUT2D eigenvalue weighted by Crippen LogP contribution is 2.30. The Morgan fingerprint density at radius 2 is 1.61 bits per heavy atom. The Hall–Kier alpha value is -4.51. The Bertz CT molecular complexity index is 1440. The lowest BCUT2D eigenvalue weighted by molar-refractivity contribution is -0.129. The maximum absolute atomic E-state index is 13.3. The van der Waals surface area contributed by atoms with Crippen molar-refractivity contribution < 1.29 is 33.0 Å². The van der Waals surface area contributed by atoms with Gasteiger partial charge in [-0.2, -0.15) is 0 Å². The Kier molecular flexibility index (Phi) is 9.86. The van der Waals surface area contributed by atoms with Gasteiger partial charge in [-0.25, -0.2) is 19.0 Å². The van der Waals surface area contributed by atoms with Crippen molar-refractivity contribution in [1.82, 2.24) is 4.90 Å². The lowest BCUT2D eigenvalue weighted by atomic mass is 10.1. The molecule has 1 fully saturated rings. The number of methoxy groups -OCH3 is 1. The van der Waals surface area contributed by atoms with Crippen LogP contribution in [0.15, 0.2) is 77.8 Å². The Morgan fingerprint density at radius 3 is 2.24 bits per heavy atom. The van der Waals surface area contributed by atoms with Crippen molar-refractivity contribution in [3.63, 3.8) is 0 Å². The summed E-state index contributed by atoms with van der Waals surface area (Å²) in [5, 5.41) is 2.35. The van der Waals surface area contributed by atoms with Gasteiger partial charge >= 0.3 is 11.9 Å². The average molecular weight is 578 g/mol. The number of nitrogens with one attached hydrogen (secondary N) is 1. The summed E-state index contributed by atoms with van der Waals surface area (Å²) in [7, 11) is 1.28. The van der Waals surface area contributed by atoms with Crippen molar-refractivity contribution in [2.24, 2.45) is 4.99 Å². The molecule has 0 aromatic heterocycles. The highest BCUT2D eigenvalue weighted by atomic mass is 32.2. The summed E-state index contributed by atoms with van der Waals surface area (Å²) in [5.74, 6) is -1.97. The number of ether oxygens (including phenoxy) is 2. The SMILES string of the molecule is CCOC(=O)c1ccc(N=C2SC(C(=O)Nc3ccc(C(=O)OC)cc3)CC(=O)N2CCc2ccc(F)cc2)cc1. The molecule has 1 unspecified atom stereocenters. The Labute approximate surface area is 240 Å². The molecule has 1 aliphatic rings. The first-order valence-electron chi connectivity index (χ1n) is 12.8. The number of aliphatic imine (C=N–C) groups is 1. The number of anilines is 1. The summed E-state index contributed by atoms with van der Waals surface area (Å²) in [4.78, 5) is 56.3. The molecule has 0 bridgehead atoms. The summed E-state index contributed by atoms with van der Waals surface area (Å²) >= 11 is 1.15. The number of amidine groups is 1. The molecule has 1 atom stereocenters. The van der Waals surface area contributed by atoms with E-state index in [1.807, 2.05) is 0 Å². The van der Waals surface area contributed by atoms with Gasteiger partial charge in [0.25, 0.3) is 0 Å². The fourth-order valence-corrected chi connectivity index (χ4v) is 5.11. The molecule has 0 aliphatic carbocycles. The van der Waals surface area contributed by atoms with Gasteiger partial charge in [0.15, 0.2) is 5.17 Å². The number of carbonyl (C=O) groups is 4. The van der Waals surface area contributed by atoms with Gasteiger partial charge in [0.1, 0.15) is 11.1 Å². The summed E-state index contributed by atoms with van der Waals surface area (Å²) < 4.78 is 23.1. The second kappa shape index (κ2) is 13.7. The monoisotopic (exact) mass is 577 g/mol. The summed E-state index contributed by atoms with van der Waals surface area (Å²) in [6.45, 7) is 2.25. The minimum Gasteiger partial charge on any atom is -0.465 e. The van der Waals surface area contributed by atoms with Gasteiger partial charge in [0.2, 0.25) is 11.8 Å². The predicted molar refractivity (Wildman–Crippen MR) is 154 cm³/mol. The zero-order chi connectivity index (χ0) is 29.4. The van der Waals surface area contributed by atoms with E-state index in [1.165, 1.54) is 36.3 Å². The molecule has 3 aromatic carbocycles. The number of hydrogen-bond acceptors (Lipinski definition) is 8. The van der Waals surface area contributed by atoms with E-state index >= 15 is 0 Å². The van der Waals surface area contributed by atoms with Gasteiger partial charge < -0.3 is 14.8 Å². The van der Waals surface area contributed by atoms with E-state index in [4.69, 9.17) is 9.47 Å². The molecule has 1 saturated heterocycles. The van der Waals surface area contributed by atoms with Gasteiger partial charge in [-0.15, -0.1) is 0 Å². The van der Waals surface area contributed by atoms with Crippen molar-refractivity contribution in [3.05, 3.63) is 95.3 Å². The number of nitrogens with zero attached hydrogens (tertiary/aromatic N) is 2. The standard InChI is InChI=1S/C30H28FN3O6S/c1-3-40-29(38)21-8-14-24(15-9-21)33-30-34(17-16-19-4-10-22(31)11-5-19)26(35)18-25(41-30)27(36)32-23-12-6-20(7-13-23)28(37)39-2/h4-15,25H,3,16-18H2,1-2H3,(H,32,36). The van der Waals surface area contributed by atoms with Crippen LogP contribution in [0.25, 0.3) is 0 Å². The number of halogens is 1.